The molecule has 1 aliphatic carbocycles. The Morgan fingerprint density at radius 2 is 1.77 bits per heavy atom. The number of nitrogens with zero attached hydrogens (tertiary/aromatic N) is 3. The van der Waals surface area contributed by atoms with Crippen LogP contribution in [-0.4, -0.2) is 78.3 Å². The molecule has 3 N–H and O–H groups in total. The summed E-state index contributed by atoms with van der Waals surface area (Å²) in [6, 6.07) is 1.53. The lowest BCUT2D eigenvalue weighted by Crippen LogP contribution is -2.59. The number of urea groups is 1. The van der Waals surface area contributed by atoms with Crippen LogP contribution in [0.4, 0.5) is 19.7 Å². The third-order valence-corrected chi connectivity index (χ3v) is 10.7. The zero-order valence-corrected chi connectivity index (χ0v) is 26.4. The maximum atomic E-state index is 14.0. The molecule has 242 valence electrons. The van der Waals surface area contributed by atoms with Crippen LogP contribution in [0.5, 0.6) is 0 Å². The fourth-order valence-electron chi connectivity index (χ4n) is 5.90. The number of allylic oxidation sites excluding steroid dienone is 1. The largest absolute Gasteiger partial charge is 0.443 e. The van der Waals surface area contributed by atoms with Gasteiger partial charge in [0.15, 0.2) is 4.87 Å². The molecule has 1 saturated heterocycles. The third kappa shape index (κ3) is 6.84. The first kappa shape index (κ1) is 33.2. The molecular weight excluding hydrogens is 593 g/mol. The Hall–Kier alpha value is -3.68. The van der Waals surface area contributed by atoms with E-state index in [-0.39, 0.29) is 31.5 Å². The molecule has 4 rings (SSSR count). The molecule has 2 aliphatic heterocycles. The van der Waals surface area contributed by atoms with Crippen LogP contribution in [0.1, 0.15) is 72.1 Å². The number of rotatable bonds is 4. The summed E-state index contributed by atoms with van der Waals surface area (Å²) in [5.74, 6) is -2.31. The fraction of sp³-hybridized carbons (Fsp3) is 0.600. The number of amides is 5. The topological polar surface area (TPSA) is 159 Å². The van der Waals surface area contributed by atoms with E-state index in [4.69, 9.17) is 10.5 Å². The smallest absolute Gasteiger partial charge is 0.419 e. The third-order valence-electron chi connectivity index (χ3n) is 8.29. The van der Waals surface area contributed by atoms with Crippen LogP contribution < -0.4 is 15.4 Å². The Labute approximate surface area is 257 Å². The van der Waals surface area contributed by atoms with E-state index in [9.17, 15) is 32.0 Å². The van der Waals surface area contributed by atoms with Gasteiger partial charge < -0.3 is 20.7 Å². The van der Waals surface area contributed by atoms with Crippen molar-refractivity contribution in [2.75, 3.05) is 17.9 Å². The number of benzene rings is 1. The molecule has 12 nitrogen and oxygen atoms in total. The van der Waals surface area contributed by atoms with E-state index in [0.717, 1.165) is 16.4 Å². The molecule has 1 saturated carbocycles. The van der Waals surface area contributed by atoms with Gasteiger partial charge in [0.25, 0.3) is 10.0 Å². The molecule has 4 unspecified atom stereocenters. The van der Waals surface area contributed by atoms with Crippen molar-refractivity contribution in [2.45, 2.75) is 94.7 Å². The molecule has 0 bridgehead atoms. The van der Waals surface area contributed by atoms with Crippen molar-refractivity contribution in [2.24, 2.45) is 11.7 Å². The molecule has 44 heavy (non-hydrogen) atoms. The number of hydrogen-bond acceptors (Lipinski definition) is 7. The number of primary amides is 1. The SMILES string of the molecule is CN(c1ccc(F)cc1)S(=O)(=O)C12CC1/C=C\CCCCCC(N(C(N)=O)C(=O)OC(C)(C)C)C(=O)N1CCCC1C(=O)N2. The second kappa shape index (κ2) is 12.7. The van der Waals surface area contributed by atoms with Crippen LogP contribution in [0.3, 0.4) is 0 Å². The van der Waals surface area contributed by atoms with E-state index in [1.807, 2.05) is 6.08 Å². The highest BCUT2D eigenvalue weighted by Crippen LogP contribution is 2.51. The van der Waals surface area contributed by atoms with E-state index in [0.29, 0.717) is 37.0 Å². The molecular formula is C30H42FN5O7S. The Morgan fingerprint density at radius 1 is 1.09 bits per heavy atom. The van der Waals surface area contributed by atoms with Gasteiger partial charge in [-0.25, -0.2) is 27.3 Å². The van der Waals surface area contributed by atoms with Crippen molar-refractivity contribution in [1.82, 2.24) is 15.1 Å². The van der Waals surface area contributed by atoms with Gasteiger partial charge in [0.1, 0.15) is 23.5 Å². The van der Waals surface area contributed by atoms with Gasteiger partial charge in [-0.05, 0) is 83.6 Å². The zero-order valence-electron chi connectivity index (χ0n) is 25.6. The predicted molar refractivity (Wildman–Crippen MR) is 161 cm³/mol. The monoisotopic (exact) mass is 635 g/mol. The van der Waals surface area contributed by atoms with Crippen LogP contribution in [0.15, 0.2) is 36.4 Å². The first-order valence-corrected chi connectivity index (χ1v) is 16.4. The van der Waals surface area contributed by atoms with E-state index in [1.165, 1.54) is 24.1 Å². The highest BCUT2D eigenvalue weighted by Gasteiger charge is 2.66. The molecule has 0 spiro atoms. The number of carbonyl (C=O) groups excluding carboxylic acids is 4. The number of carbonyl (C=O) groups is 4. The van der Waals surface area contributed by atoms with Gasteiger partial charge in [-0.15, -0.1) is 0 Å². The molecule has 2 fully saturated rings. The first-order chi connectivity index (χ1) is 20.6. The second-order valence-corrected chi connectivity index (χ2v) is 14.8. The van der Waals surface area contributed by atoms with E-state index >= 15 is 0 Å². The standard InChI is InChI=1S/C30H42FN5O7S/c1-29(2,3)43-28(40)36(27(32)39)24-12-9-7-5-6-8-11-20-19-30(20,33-25(37)23-13-10-18-35(23)26(24)38)44(41,42)34(4)22-16-14-21(31)15-17-22/h8,11,14-17,20,23-24H,5-7,9-10,12-13,18-19H2,1-4H3,(H2,32,39)(H,33,37)/b11-8-. The lowest BCUT2D eigenvalue weighted by atomic mass is 10.0. The van der Waals surface area contributed by atoms with Crippen LogP contribution >= 0.6 is 0 Å². The van der Waals surface area contributed by atoms with Gasteiger partial charge in [-0.3, -0.25) is 13.9 Å². The van der Waals surface area contributed by atoms with Crippen LogP contribution in [-0.2, 0) is 24.3 Å². The molecule has 1 aromatic rings. The Kier molecular flexibility index (Phi) is 9.62. The van der Waals surface area contributed by atoms with Gasteiger partial charge in [0.2, 0.25) is 11.8 Å². The van der Waals surface area contributed by atoms with Gasteiger partial charge >= 0.3 is 12.1 Å². The van der Waals surface area contributed by atoms with E-state index in [2.05, 4.69) is 5.32 Å². The molecule has 14 heteroatoms. The number of imide groups is 1. The maximum absolute atomic E-state index is 14.0. The zero-order chi connectivity index (χ0) is 32.4. The Bertz CT molecular complexity index is 1410. The molecule has 1 aromatic carbocycles. The molecule has 5 amide bonds. The summed E-state index contributed by atoms with van der Waals surface area (Å²) in [7, 11) is -2.86. The van der Waals surface area contributed by atoms with Gasteiger partial charge in [0, 0.05) is 19.5 Å². The van der Waals surface area contributed by atoms with Crippen molar-refractivity contribution < 1.29 is 36.7 Å². The van der Waals surface area contributed by atoms with Gasteiger partial charge in [-0.1, -0.05) is 25.0 Å². The quantitative estimate of drug-likeness (QED) is 0.478. The molecule has 3 aliphatic rings. The molecule has 2 heterocycles. The predicted octanol–water partition coefficient (Wildman–Crippen LogP) is 3.62. The van der Waals surface area contributed by atoms with E-state index in [1.54, 1.807) is 26.8 Å². The minimum Gasteiger partial charge on any atom is -0.443 e. The normalized spacial score (nSPS) is 27.1. The summed E-state index contributed by atoms with van der Waals surface area (Å²) in [6.07, 6.45) is 6.08. The number of ether oxygens (including phenoxy) is 1. The highest BCUT2D eigenvalue weighted by atomic mass is 32.2. The van der Waals surface area contributed by atoms with Crippen molar-refractivity contribution in [3.8, 4) is 0 Å². The average Bonchev–Trinajstić information content (AvgIpc) is 3.41. The number of anilines is 1. The summed E-state index contributed by atoms with van der Waals surface area (Å²) >= 11 is 0. The minimum atomic E-state index is -4.21. The van der Waals surface area contributed by atoms with Crippen molar-refractivity contribution >= 4 is 39.6 Å². The summed E-state index contributed by atoms with van der Waals surface area (Å²) < 4.78 is 48.0. The average molecular weight is 636 g/mol. The number of sulfonamides is 1. The molecule has 0 aromatic heterocycles. The molecule has 4 atom stereocenters. The van der Waals surface area contributed by atoms with Crippen LogP contribution in [0.25, 0.3) is 0 Å². The van der Waals surface area contributed by atoms with Crippen LogP contribution in [0, 0.1) is 11.7 Å². The summed E-state index contributed by atoms with van der Waals surface area (Å²) in [6.45, 7) is 5.05. The first-order valence-electron chi connectivity index (χ1n) is 14.9. The minimum absolute atomic E-state index is 0.124. The fourth-order valence-corrected chi connectivity index (χ4v) is 7.87. The highest BCUT2D eigenvalue weighted by molar-refractivity contribution is 7.94. The number of fused-ring (bicyclic) bond motifs is 2. The van der Waals surface area contributed by atoms with Crippen molar-refractivity contribution in [3.05, 3.63) is 42.2 Å². The van der Waals surface area contributed by atoms with Crippen molar-refractivity contribution in [1.29, 1.82) is 0 Å². The summed E-state index contributed by atoms with van der Waals surface area (Å²) in [4.78, 5) is 53.8. The Balaban J connectivity index is 1.67. The van der Waals surface area contributed by atoms with Crippen LogP contribution in [0.2, 0.25) is 0 Å². The number of nitrogens with one attached hydrogen (secondary N) is 1. The van der Waals surface area contributed by atoms with Gasteiger partial charge in [-0.2, -0.15) is 0 Å². The summed E-state index contributed by atoms with van der Waals surface area (Å²) in [5.41, 5.74) is 4.88. The second-order valence-electron chi connectivity index (χ2n) is 12.6. The lowest BCUT2D eigenvalue weighted by Gasteiger charge is -2.35. The number of nitrogens with two attached hydrogens (primary N) is 1. The van der Waals surface area contributed by atoms with Gasteiger partial charge in [0.05, 0.1) is 5.69 Å². The van der Waals surface area contributed by atoms with E-state index < -0.39 is 68.3 Å². The number of halogens is 1. The Morgan fingerprint density at radius 3 is 2.41 bits per heavy atom. The maximum Gasteiger partial charge on any atom is 0.419 e. The lowest BCUT2D eigenvalue weighted by molar-refractivity contribution is -0.142. The number of hydrogen-bond donors (Lipinski definition) is 2. The summed E-state index contributed by atoms with van der Waals surface area (Å²) in [5, 5.41) is 2.77. The molecule has 0 radical (unpaired) electrons. The van der Waals surface area contributed by atoms with Crippen molar-refractivity contribution in [3.63, 3.8) is 0 Å².